The van der Waals surface area contributed by atoms with Gasteiger partial charge in [-0.05, 0) is 44.3 Å². The number of halogens is 1. The second kappa shape index (κ2) is 9.12. The molecule has 0 aromatic carbocycles. The van der Waals surface area contributed by atoms with Gasteiger partial charge in [-0.2, -0.15) is 0 Å². The van der Waals surface area contributed by atoms with Gasteiger partial charge in [0, 0.05) is 5.38 Å². The Balaban J connectivity index is 3.97. The van der Waals surface area contributed by atoms with Crippen molar-refractivity contribution in [2.45, 2.75) is 45.4 Å². The van der Waals surface area contributed by atoms with Crippen LogP contribution < -0.4 is 0 Å². The Morgan fingerprint density at radius 2 is 2.07 bits per heavy atom. The molecule has 0 saturated carbocycles. The SMILES string of the molecule is CCC=C=C/C=C\C(CC)CC(C)Cl. The zero-order valence-corrected chi connectivity index (χ0v) is 10.2. The summed E-state index contributed by atoms with van der Waals surface area (Å²) in [4.78, 5) is 0. The molecule has 0 aliphatic carbocycles. The van der Waals surface area contributed by atoms with Crippen molar-refractivity contribution in [1.29, 1.82) is 0 Å². The highest BCUT2D eigenvalue weighted by atomic mass is 35.5. The highest BCUT2D eigenvalue weighted by Crippen LogP contribution is 2.15. The number of rotatable bonds is 6. The second-order valence-corrected chi connectivity index (χ2v) is 4.26. The van der Waals surface area contributed by atoms with Crippen LogP contribution in [-0.4, -0.2) is 5.38 Å². The third-order valence-electron chi connectivity index (χ3n) is 2.05. The fourth-order valence-electron chi connectivity index (χ4n) is 1.25. The lowest BCUT2D eigenvalue weighted by atomic mass is 10.0. The molecule has 0 aromatic rings. The van der Waals surface area contributed by atoms with Gasteiger partial charge >= 0.3 is 0 Å². The van der Waals surface area contributed by atoms with Gasteiger partial charge in [0.15, 0.2) is 0 Å². The molecule has 14 heavy (non-hydrogen) atoms. The first-order chi connectivity index (χ1) is 6.70. The smallest absolute Gasteiger partial charge is 0.0313 e. The fourth-order valence-corrected chi connectivity index (χ4v) is 1.48. The van der Waals surface area contributed by atoms with Crippen molar-refractivity contribution in [3.63, 3.8) is 0 Å². The summed E-state index contributed by atoms with van der Waals surface area (Å²) in [6.45, 7) is 6.35. The Morgan fingerprint density at radius 3 is 2.57 bits per heavy atom. The number of hydrogen-bond donors (Lipinski definition) is 0. The van der Waals surface area contributed by atoms with Gasteiger partial charge in [-0.25, -0.2) is 0 Å². The summed E-state index contributed by atoms with van der Waals surface area (Å²) in [5, 5.41) is 0.264. The van der Waals surface area contributed by atoms with Crippen LogP contribution in [0.15, 0.2) is 30.0 Å². The molecule has 1 heteroatoms. The molecule has 0 rings (SSSR count). The summed E-state index contributed by atoms with van der Waals surface area (Å²) in [7, 11) is 0. The Labute approximate surface area is 93.4 Å². The molecule has 0 aliphatic heterocycles. The van der Waals surface area contributed by atoms with E-state index in [9.17, 15) is 0 Å². The van der Waals surface area contributed by atoms with Crippen LogP contribution >= 0.6 is 11.6 Å². The Morgan fingerprint density at radius 1 is 1.36 bits per heavy atom. The van der Waals surface area contributed by atoms with Crippen LogP contribution in [0.25, 0.3) is 0 Å². The maximum Gasteiger partial charge on any atom is 0.0313 e. The van der Waals surface area contributed by atoms with Gasteiger partial charge < -0.3 is 0 Å². The molecule has 0 heterocycles. The summed E-state index contributed by atoms with van der Waals surface area (Å²) < 4.78 is 0. The van der Waals surface area contributed by atoms with Crippen molar-refractivity contribution < 1.29 is 0 Å². The maximum absolute atomic E-state index is 5.95. The van der Waals surface area contributed by atoms with Crippen LogP contribution in [0.5, 0.6) is 0 Å². The van der Waals surface area contributed by atoms with Crippen molar-refractivity contribution in [2.24, 2.45) is 5.92 Å². The number of hydrogen-bond acceptors (Lipinski definition) is 0. The lowest BCUT2D eigenvalue weighted by Gasteiger charge is -2.10. The highest BCUT2D eigenvalue weighted by molar-refractivity contribution is 6.20. The molecular weight excluding hydrogens is 192 g/mol. The summed E-state index contributed by atoms with van der Waals surface area (Å²) in [5.41, 5.74) is 3.10. The fraction of sp³-hybridized carbons (Fsp3) is 0.615. The zero-order valence-electron chi connectivity index (χ0n) is 9.46. The van der Waals surface area contributed by atoms with Crippen LogP contribution in [0, 0.1) is 5.92 Å². The van der Waals surface area contributed by atoms with Crippen molar-refractivity contribution in [3.05, 3.63) is 30.0 Å². The molecule has 0 bridgehead atoms. The minimum Gasteiger partial charge on any atom is -0.125 e. The third-order valence-corrected chi connectivity index (χ3v) is 2.23. The molecular formula is C13H21Cl. The van der Waals surface area contributed by atoms with E-state index in [-0.39, 0.29) is 5.38 Å². The van der Waals surface area contributed by atoms with E-state index in [1.165, 1.54) is 0 Å². The molecule has 80 valence electrons. The number of allylic oxidation sites excluding steroid dienone is 3. The molecule has 0 radical (unpaired) electrons. The van der Waals surface area contributed by atoms with Crippen LogP contribution in [0.4, 0.5) is 0 Å². The van der Waals surface area contributed by atoms with E-state index >= 15 is 0 Å². The van der Waals surface area contributed by atoms with Crippen LogP contribution in [0.1, 0.15) is 40.0 Å². The minimum atomic E-state index is 0.264. The van der Waals surface area contributed by atoms with Gasteiger partial charge in [0.1, 0.15) is 0 Å². The summed E-state index contributed by atoms with van der Waals surface area (Å²) in [5.74, 6) is 0.599. The first kappa shape index (κ1) is 13.5. The predicted octanol–water partition coefficient (Wildman–Crippen LogP) is 4.71. The largest absolute Gasteiger partial charge is 0.125 e. The first-order valence-corrected chi connectivity index (χ1v) is 5.86. The Kier molecular flexibility index (Phi) is 8.83. The van der Waals surface area contributed by atoms with E-state index < -0.39 is 0 Å². The van der Waals surface area contributed by atoms with Gasteiger partial charge in [-0.3, -0.25) is 0 Å². The van der Waals surface area contributed by atoms with Crippen molar-refractivity contribution in [2.75, 3.05) is 0 Å². The van der Waals surface area contributed by atoms with Gasteiger partial charge in [0.25, 0.3) is 0 Å². The van der Waals surface area contributed by atoms with E-state index in [1.54, 1.807) is 0 Å². The van der Waals surface area contributed by atoms with Crippen molar-refractivity contribution in [3.8, 4) is 0 Å². The van der Waals surface area contributed by atoms with Crippen molar-refractivity contribution in [1.82, 2.24) is 0 Å². The molecule has 0 saturated heterocycles. The standard InChI is InChI=1S/C13H21Cl/c1-4-6-7-8-9-10-13(5-2)11-12(3)14/h6,8-10,12-13H,4-5,11H2,1-3H3/b10-9-. The van der Waals surface area contributed by atoms with Gasteiger partial charge in [-0.15, -0.1) is 17.3 Å². The van der Waals surface area contributed by atoms with Crippen LogP contribution in [-0.2, 0) is 0 Å². The molecule has 0 aromatic heterocycles. The molecule has 2 unspecified atom stereocenters. The highest BCUT2D eigenvalue weighted by Gasteiger charge is 2.04. The average molecular weight is 213 g/mol. The Hall–Kier alpha value is -0.450. The monoisotopic (exact) mass is 212 g/mol. The van der Waals surface area contributed by atoms with E-state index in [1.807, 2.05) is 19.1 Å². The van der Waals surface area contributed by atoms with Gasteiger partial charge in [0.05, 0.1) is 0 Å². The van der Waals surface area contributed by atoms with Crippen LogP contribution in [0.3, 0.4) is 0 Å². The first-order valence-electron chi connectivity index (χ1n) is 5.42. The van der Waals surface area contributed by atoms with Gasteiger partial charge in [0.2, 0.25) is 0 Å². The maximum atomic E-state index is 5.95. The van der Waals surface area contributed by atoms with E-state index in [2.05, 4.69) is 31.7 Å². The normalized spacial score (nSPS) is 14.9. The van der Waals surface area contributed by atoms with Crippen LogP contribution in [0.2, 0.25) is 0 Å². The lowest BCUT2D eigenvalue weighted by molar-refractivity contribution is 0.567. The second-order valence-electron chi connectivity index (χ2n) is 3.52. The Bertz CT molecular complexity index is 207. The van der Waals surface area contributed by atoms with E-state index in [4.69, 9.17) is 11.6 Å². The molecule has 2 atom stereocenters. The topological polar surface area (TPSA) is 0 Å². The summed E-state index contributed by atoms with van der Waals surface area (Å²) in [6.07, 6.45) is 11.5. The third kappa shape index (κ3) is 8.16. The zero-order chi connectivity index (χ0) is 10.8. The van der Waals surface area contributed by atoms with E-state index in [0.29, 0.717) is 5.92 Å². The van der Waals surface area contributed by atoms with Crippen molar-refractivity contribution >= 4 is 11.6 Å². The van der Waals surface area contributed by atoms with E-state index in [0.717, 1.165) is 19.3 Å². The quantitative estimate of drug-likeness (QED) is 0.340. The molecule has 0 spiro atoms. The molecule has 0 aliphatic rings. The molecule has 0 fully saturated rings. The molecule has 0 amide bonds. The lowest BCUT2D eigenvalue weighted by Crippen LogP contribution is -2.01. The summed E-state index contributed by atoms with van der Waals surface area (Å²) >= 11 is 5.95. The van der Waals surface area contributed by atoms with Gasteiger partial charge in [-0.1, -0.05) is 26.0 Å². The summed E-state index contributed by atoms with van der Waals surface area (Å²) in [6, 6.07) is 0. The molecule has 0 nitrogen and oxygen atoms in total. The number of alkyl halides is 1. The predicted molar refractivity (Wildman–Crippen MR) is 65.8 cm³/mol. The minimum absolute atomic E-state index is 0.264. The average Bonchev–Trinajstić information content (AvgIpc) is 2.15. The molecule has 0 N–H and O–H groups in total.